The second-order valence-corrected chi connectivity index (χ2v) is 20.3. The van der Waals surface area contributed by atoms with E-state index in [1.807, 2.05) is 0 Å². The van der Waals surface area contributed by atoms with Crippen LogP contribution in [0.25, 0.3) is 0 Å². The van der Waals surface area contributed by atoms with E-state index in [0.29, 0.717) is 19.3 Å². The van der Waals surface area contributed by atoms with Gasteiger partial charge in [-0.1, -0.05) is 303 Å². The Labute approximate surface area is 406 Å². The summed E-state index contributed by atoms with van der Waals surface area (Å²) >= 11 is 0. The summed E-state index contributed by atoms with van der Waals surface area (Å²) in [7, 11) is 0. The Bertz CT molecular complexity index is 967. The molecule has 0 aliphatic heterocycles. The molecule has 0 aromatic carbocycles. The second-order valence-electron chi connectivity index (χ2n) is 20.3. The third-order valence-electron chi connectivity index (χ3n) is 13.6. The summed E-state index contributed by atoms with van der Waals surface area (Å²) in [6.07, 6.45) is 61.0. The molecule has 0 saturated heterocycles. The lowest BCUT2D eigenvalue weighted by molar-refractivity contribution is -0.167. The van der Waals surface area contributed by atoms with Gasteiger partial charge in [0.1, 0.15) is 13.2 Å². The maximum atomic E-state index is 12.8. The lowest BCUT2D eigenvalue weighted by Crippen LogP contribution is -2.30. The Hall–Kier alpha value is -1.59. The zero-order valence-corrected chi connectivity index (χ0v) is 44.3. The Morgan fingerprint density at radius 2 is 0.415 bits per heavy atom. The highest BCUT2D eigenvalue weighted by Crippen LogP contribution is 2.18. The first kappa shape index (κ1) is 63.4. The predicted octanol–water partition coefficient (Wildman–Crippen LogP) is 19.5. The van der Waals surface area contributed by atoms with Gasteiger partial charge in [0.15, 0.2) is 6.10 Å². The topological polar surface area (TPSA) is 78.9 Å². The highest BCUT2D eigenvalue weighted by molar-refractivity contribution is 5.71. The molecule has 0 fully saturated rings. The van der Waals surface area contributed by atoms with Crippen molar-refractivity contribution >= 4 is 17.9 Å². The molecule has 0 aromatic heterocycles. The Morgan fingerprint density at radius 3 is 0.615 bits per heavy atom. The molecule has 1 atom stereocenters. The monoisotopic (exact) mass is 919 g/mol. The average molecular weight is 920 g/mol. The van der Waals surface area contributed by atoms with Crippen molar-refractivity contribution in [1.82, 2.24) is 0 Å². The fourth-order valence-electron chi connectivity index (χ4n) is 9.15. The van der Waals surface area contributed by atoms with Crippen LogP contribution in [0.3, 0.4) is 0 Å². The first-order valence-corrected chi connectivity index (χ1v) is 29.5. The van der Waals surface area contributed by atoms with Gasteiger partial charge in [-0.05, 0) is 19.3 Å². The SMILES string of the molecule is CCCCCCCCCCCCCCCCCCCCCCCC(=O)OC[C@H](COC(=O)CCCCCCCCCCCCC)OC(=O)CCCCCCCCCCCCCCCCC. The molecule has 0 N–H and O–H groups in total. The number of carbonyl (C=O) groups excluding carboxylic acids is 3. The van der Waals surface area contributed by atoms with Gasteiger partial charge in [0.05, 0.1) is 0 Å². The Kier molecular flexibility index (Phi) is 53.7. The van der Waals surface area contributed by atoms with E-state index in [2.05, 4.69) is 20.8 Å². The summed E-state index contributed by atoms with van der Waals surface area (Å²) in [5.74, 6) is -0.833. The summed E-state index contributed by atoms with van der Waals surface area (Å²) < 4.78 is 16.9. The van der Waals surface area contributed by atoms with Gasteiger partial charge in [-0.3, -0.25) is 14.4 Å². The van der Waals surface area contributed by atoms with E-state index in [9.17, 15) is 14.4 Å². The van der Waals surface area contributed by atoms with Crippen molar-refractivity contribution in [1.29, 1.82) is 0 Å². The molecule has 6 heteroatoms. The highest BCUT2D eigenvalue weighted by Gasteiger charge is 2.19. The number of hydrogen-bond donors (Lipinski definition) is 0. The van der Waals surface area contributed by atoms with Crippen molar-refractivity contribution in [3.05, 3.63) is 0 Å². The normalized spacial score (nSPS) is 11.9. The van der Waals surface area contributed by atoms with E-state index in [1.165, 1.54) is 244 Å². The standard InChI is InChI=1S/C59H114O6/c1-4-7-10-13-16-19-22-24-26-27-28-29-30-31-33-34-37-40-43-46-49-52-58(61)64-55-56(54-63-57(60)51-48-45-42-39-36-21-18-15-12-9-6-3)65-59(62)53-50-47-44-41-38-35-32-25-23-20-17-14-11-8-5-2/h56H,4-55H2,1-3H3/t56-/m0/s1. The van der Waals surface area contributed by atoms with Crippen LogP contribution in [0.5, 0.6) is 0 Å². The van der Waals surface area contributed by atoms with E-state index < -0.39 is 6.10 Å². The first-order chi connectivity index (χ1) is 32.0. The minimum atomic E-state index is -0.760. The summed E-state index contributed by atoms with van der Waals surface area (Å²) in [6.45, 7) is 6.70. The molecule has 6 nitrogen and oxygen atoms in total. The molecule has 0 amide bonds. The fourth-order valence-corrected chi connectivity index (χ4v) is 9.15. The van der Waals surface area contributed by atoms with Crippen LogP contribution in [-0.2, 0) is 28.6 Å². The zero-order valence-electron chi connectivity index (χ0n) is 44.3. The van der Waals surface area contributed by atoms with Crippen molar-refractivity contribution in [3.8, 4) is 0 Å². The van der Waals surface area contributed by atoms with Crippen LogP contribution in [0.2, 0.25) is 0 Å². The summed E-state index contributed by atoms with van der Waals surface area (Å²) in [4.78, 5) is 38.1. The summed E-state index contributed by atoms with van der Waals surface area (Å²) in [5, 5.41) is 0. The van der Waals surface area contributed by atoms with E-state index >= 15 is 0 Å². The van der Waals surface area contributed by atoms with Crippen LogP contribution in [0.15, 0.2) is 0 Å². The molecule has 0 heterocycles. The number of hydrogen-bond acceptors (Lipinski definition) is 6. The minimum absolute atomic E-state index is 0.0611. The third-order valence-corrected chi connectivity index (χ3v) is 13.6. The van der Waals surface area contributed by atoms with Gasteiger partial charge < -0.3 is 14.2 Å². The summed E-state index contributed by atoms with van der Waals surface area (Å²) in [5.41, 5.74) is 0. The van der Waals surface area contributed by atoms with Gasteiger partial charge in [-0.25, -0.2) is 0 Å². The van der Waals surface area contributed by atoms with Crippen molar-refractivity contribution in [2.45, 2.75) is 348 Å². The van der Waals surface area contributed by atoms with Gasteiger partial charge in [-0.15, -0.1) is 0 Å². The van der Waals surface area contributed by atoms with E-state index in [4.69, 9.17) is 14.2 Å². The smallest absolute Gasteiger partial charge is 0.306 e. The molecule has 0 saturated carbocycles. The molecular formula is C59H114O6. The highest BCUT2D eigenvalue weighted by atomic mass is 16.6. The molecule has 0 aliphatic rings. The van der Waals surface area contributed by atoms with Crippen LogP contribution in [0.1, 0.15) is 342 Å². The van der Waals surface area contributed by atoms with Gasteiger partial charge in [0.2, 0.25) is 0 Å². The van der Waals surface area contributed by atoms with Crippen LogP contribution >= 0.6 is 0 Å². The fraction of sp³-hybridized carbons (Fsp3) is 0.949. The number of unbranched alkanes of at least 4 members (excludes halogenated alkanes) is 44. The number of carbonyl (C=O) groups is 3. The van der Waals surface area contributed by atoms with Crippen LogP contribution in [0, 0.1) is 0 Å². The third kappa shape index (κ3) is 53.2. The van der Waals surface area contributed by atoms with E-state index in [-0.39, 0.29) is 31.1 Å². The van der Waals surface area contributed by atoms with Gasteiger partial charge in [-0.2, -0.15) is 0 Å². The molecule has 386 valence electrons. The Balaban J connectivity index is 4.21. The van der Waals surface area contributed by atoms with Gasteiger partial charge in [0, 0.05) is 19.3 Å². The zero-order chi connectivity index (χ0) is 47.2. The Morgan fingerprint density at radius 1 is 0.246 bits per heavy atom. The van der Waals surface area contributed by atoms with Gasteiger partial charge >= 0.3 is 17.9 Å². The van der Waals surface area contributed by atoms with Crippen molar-refractivity contribution in [2.24, 2.45) is 0 Å². The first-order valence-electron chi connectivity index (χ1n) is 29.5. The van der Waals surface area contributed by atoms with Crippen LogP contribution < -0.4 is 0 Å². The van der Waals surface area contributed by atoms with Crippen LogP contribution in [0.4, 0.5) is 0 Å². The molecule has 0 unspecified atom stereocenters. The number of rotatable bonds is 55. The minimum Gasteiger partial charge on any atom is -0.462 e. The maximum absolute atomic E-state index is 12.8. The maximum Gasteiger partial charge on any atom is 0.306 e. The predicted molar refractivity (Wildman–Crippen MR) is 280 cm³/mol. The van der Waals surface area contributed by atoms with Crippen molar-refractivity contribution < 1.29 is 28.6 Å². The lowest BCUT2D eigenvalue weighted by Gasteiger charge is -2.18. The molecule has 0 spiro atoms. The molecule has 0 bridgehead atoms. The van der Waals surface area contributed by atoms with Crippen molar-refractivity contribution in [2.75, 3.05) is 13.2 Å². The van der Waals surface area contributed by atoms with Crippen LogP contribution in [-0.4, -0.2) is 37.2 Å². The number of esters is 3. The quantitative estimate of drug-likeness (QED) is 0.0344. The average Bonchev–Trinajstić information content (AvgIpc) is 3.30. The second kappa shape index (κ2) is 55.0. The number of ether oxygens (including phenoxy) is 3. The summed E-state index contributed by atoms with van der Waals surface area (Å²) in [6, 6.07) is 0. The molecule has 0 aliphatic carbocycles. The van der Waals surface area contributed by atoms with Crippen molar-refractivity contribution in [3.63, 3.8) is 0 Å². The largest absolute Gasteiger partial charge is 0.462 e. The molecular weight excluding hydrogens is 805 g/mol. The van der Waals surface area contributed by atoms with E-state index in [0.717, 1.165) is 57.8 Å². The molecule has 0 aromatic rings. The molecule has 0 radical (unpaired) electrons. The molecule has 0 rings (SSSR count). The van der Waals surface area contributed by atoms with E-state index in [1.54, 1.807) is 0 Å². The lowest BCUT2D eigenvalue weighted by atomic mass is 10.0. The van der Waals surface area contributed by atoms with Gasteiger partial charge in [0.25, 0.3) is 0 Å². The molecule has 65 heavy (non-hydrogen) atoms.